The van der Waals surface area contributed by atoms with Crippen molar-refractivity contribution in [3.8, 4) is 0 Å². The lowest BCUT2D eigenvalue weighted by molar-refractivity contribution is 0.0974. The maximum absolute atomic E-state index is 13.1. The third-order valence-corrected chi connectivity index (χ3v) is 2.34. The van der Waals surface area contributed by atoms with Crippen LogP contribution in [-0.2, 0) is 0 Å². The number of benzene rings is 1. The van der Waals surface area contributed by atoms with E-state index in [0.717, 1.165) is 12.1 Å². The van der Waals surface area contributed by atoms with E-state index in [1.807, 2.05) is 0 Å². The van der Waals surface area contributed by atoms with E-state index < -0.39 is 23.0 Å². The number of ketones is 1. The number of hydrogen-bond donors (Lipinski definition) is 0. The van der Waals surface area contributed by atoms with Crippen LogP contribution in [0.5, 0.6) is 0 Å². The van der Waals surface area contributed by atoms with Gasteiger partial charge in [-0.15, -0.1) is 0 Å². The molecule has 0 radical (unpaired) electrons. The smallest absolute Gasteiger partial charge is 0.168 e. The van der Waals surface area contributed by atoms with Crippen molar-refractivity contribution in [2.24, 2.45) is 0 Å². The van der Waals surface area contributed by atoms with Crippen molar-refractivity contribution < 1.29 is 13.6 Å². The summed E-state index contributed by atoms with van der Waals surface area (Å²) < 4.78 is 26.1. The Morgan fingerprint density at radius 3 is 2.36 bits per heavy atom. The Labute approximate surface area is 89.3 Å². The minimum atomic E-state index is -0.787. The summed E-state index contributed by atoms with van der Waals surface area (Å²) in [6, 6.07) is 3.42. The molecule has 1 rings (SSSR count). The second-order valence-corrected chi connectivity index (χ2v) is 3.61. The SMILES string of the molecule is O=C(CCCBr)c1c(F)cccc1F. The third-order valence-electron chi connectivity index (χ3n) is 1.78. The van der Waals surface area contributed by atoms with E-state index in [1.165, 1.54) is 6.07 Å². The zero-order chi connectivity index (χ0) is 10.6. The van der Waals surface area contributed by atoms with Gasteiger partial charge in [0, 0.05) is 11.8 Å². The predicted octanol–water partition coefficient (Wildman–Crippen LogP) is 3.32. The van der Waals surface area contributed by atoms with Crippen molar-refractivity contribution in [2.45, 2.75) is 12.8 Å². The monoisotopic (exact) mass is 262 g/mol. The number of carbonyl (C=O) groups excluding carboxylic acids is 1. The predicted molar refractivity (Wildman–Crippen MR) is 53.7 cm³/mol. The quantitative estimate of drug-likeness (QED) is 0.601. The van der Waals surface area contributed by atoms with Gasteiger partial charge in [0.05, 0.1) is 5.56 Å². The topological polar surface area (TPSA) is 17.1 Å². The molecule has 0 aliphatic carbocycles. The average Bonchev–Trinajstić information content (AvgIpc) is 2.14. The molecule has 0 spiro atoms. The minimum absolute atomic E-state index is 0.156. The van der Waals surface area contributed by atoms with Gasteiger partial charge in [-0.25, -0.2) is 8.78 Å². The first-order chi connectivity index (χ1) is 6.66. The summed E-state index contributed by atoms with van der Waals surface area (Å²) in [5.41, 5.74) is -0.423. The van der Waals surface area contributed by atoms with Crippen LogP contribution in [0.25, 0.3) is 0 Å². The largest absolute Gasteiger partial charge is 0.294 e. The van der Waals surface area contributed by atoms with Crippen LogP contribution in [0.1, 0.15) is 23.2 Å². The Bertz CT molecular complexity index is 319. The fraction of sp³-hybridized carbons (Fsp3) is 0.300. The molecule has 0 saturated heterocycles. The molecule has 0 bridgehead atoms. The van der Waals surface area contributed by atoms with Crippen LogP contribution in [0, 0.1) is 11.6 Å². The molecule has 1 aromatic carbocycles. The highest BCUT2D eigenvalue weighted by atomic mass is 79.9. The molecule has 0 aliphatic rings. The molecule has 0 saturated carbocycles. The molecule has 1 aromatic rings. The van der Waals surface area contributed by atoms with Gasteiger partial charge >= 0.3 is 0 Å². The molecule has 0 N–H and O–H groups in total. The van der Waals surface area contributed by atoms with Gasteiger partial charge in [-0.1, -0.05) is 22.0 Å². The second kappa shape index (κ2) is 5.20. The Morgan fingerprint density at radius 1 is 1.29 bits per heavy atom. The van der Waals surface area contributed by atoms with E-state index in [2.05, 4.69) is 15.9 Å². The highest BCUT2D eigenvalue weighted by molar-refractivity contribution is 9.09. The number of rotatable bonds is 4. The van der Waals surface area contributed by atoms with Gasteiger partial charge < -0.3 is 0 Å². The molecule has 0 aliphatic heterocycles. The second-order valence-electron chi connectivity index (χ2n) is 2.81. The highest BCUT2D eigenvalue weighted by Crippen LogP contribution is 2.15. The summed E-state index contributed by atoms with van der Waals surface area (Å²) in [7, 11) is 0. The molecule has 0 atom stereocenters. The summed E-state index contributed by atoms with van der Waals surface area (Å²) in [6.07, 6.45) is 0.732. The van der Waals surface area contributed by atoms with E-state index in [1.54, 1.807) is 0 Å². The number of halogens is 3. The number of alkyl halides is 1. The normalized spacial score (nSPS) is 10.2. The van der Waals surface area contributed by atoms with E-state index in [9.17, 15) is 13.6 Å². The fourth-order valence-electron chi connectivity index (χ4n) is 1.12. The Balaban J connectivity index is 2.89. The summed E-state index contributed by atoms with van der Waals surface area (Å²) in [5, 5.41) is 0.648. The van der Waals surface area contributed by atoms with Crippen LogP contribution in [0.3, 0.4) is 0 Å². The van der Waals surface area contributed by atoms with Crippen LogP contribution < -0.4 is 0 Å². The molecule has 0 unspecified atom stereocenters. The van der Waals surface area contributed by atoms with Gasteiger partial charge in [-0.3, -0.25) is 4.79 Å². The standard InChI is InChI=1S/C10H9BrF2O/c11-6-2-5-9(14)10-7(12)3-1-4-8(10)13/h1,3-4H,2,5-6H2. The first kappa shape index (κ1) is 11.3. The van der Waals surface area contributed by atoms with Crippen LogP contribution >= 0.6 is 15.9 Å². The Kier molecular flexibility index (Phi) is 4.20. The summed E-state index contributed by atoms with van der Waals surface area (Å²) in [4.78, 5) is 11.3. The summed E-state index contributed by atoms with van der Waals surface area (Å²) in [6.45, 7) is 0. The molecule has 14 heavy (non-hydrogen) atoms. The minimum Gasteiger partial charge on any atom is -0.294 e. The number of hydrogen-bond acceptors (Lipinski definition) is 1. The highest BCUT2D eigenvalue weighted by Gasteiger charge is 2.15. The first-order valence-electron chi connectivity index (χ1n) is 4.20. The summed E-state index contributed by atoms with van der Waals surface area (Å²) >= 11 is 3.15. The van der Waals surface area contributed by atoms with Crippen LogP contribution in [0.4, 0.5) is 8.78 Å². The van der Waals surface area contributed by atoms with E-state index in [-0.39, 0.29) is 6.42 Å². The van der Waals surface area contributed by atoms with Crippen molar-refractivity contribution in [3.63, 3.8) is 0 Å². The van der Waals surface area contributed by atoms with Gasteiger partial charge in [0.1, 0.15) is 11.6 Å². The lowest BCUT2D eigenvalue weighted by atomic mass is 10.1. The van der Waals surface area contributed by atoms with Crippen LogP contribution in [-0.4, -0.2) is 11.1 Å². The number of carbonyl (C=O) groups is 1. The molecule has 1 nitrogen and oxygen atoms in total. The fourth-order valence-corrected chi connectivity index (χ4v) is 1.40. The van der Waals surface area contributed by atoms with Gasteiger partial charge in [-0.05, 0) is 18.6 Å². The maximum Gasteiger partial charge on any atom is 0.168 e. The maximum atomic E-state index is 13.1. The molecule has 0 heterocycles. The van der Waals surface area contributed by atoms with Crippen LogP contribution in [0.2, 0.25) is 0 Å². The first-order valence-corrected chi connectivity index (χ1v) is 5.32. The zero-order valence-electron chi connectivity index (χ0n) is 7.40. The van der Waals surface area contributed by atoms with Crippen LogP contribution in [0.15, 0.2) is 18.2 Å². The van der Waals surface area contributed by atoms with Crippen molar-refractivity contribution in [1.29, 1.82) is 0 Å². The molecule has 0 fully saturated rings. The molecule has 4 heteroatoms. The Morgan fingerprint density at radius 2 is 1.86 bits per heavy atom. The lowest BCUT2D eigenvalue weighted by Crippen LogP contribution is -2.05. The average molecular weight is 263 g/mol. The summed E-state index contributed by atoms with van der Waals surface area (Å²) in [5.74, 6) is -2.06. The van der Waals surface area contributed by atoms with Crippen molar-refractivity contribution in [1.82, 2.24) is 0 Å². The number of Topliss-reactive ketones (excluding diaryl/α,β-unsaturated/α-hetero) is 1. The third kappa shape index (κ3) is 2.61. The van der Waals surface area contributed by atoms with Gasteiger partial charge in [-0.2, -0.15) is 0 Å². The molecule has 76 valence electrons. The zero-order valence-corrected chi connectivity index (χ0v) is 8.98. The molecule has 0 aromatic heterocycles. The lowest BCUT2D eigenvalue weighted by Gasteiger charge is -2.02. The molecule has 0 amide bonds. The van der Waals surface area contributed by atoms with Crippen molar-refractivity contribution in [3.05, 3.63) is 35.4 Å². The van der Waals surface area contributed by atoms with Crippen molar-refractivity contribution >= 4 is 21.7 Å². The van der Waals surface area contributed by atoms with Gasteiger partial charge in [0.15, 0.2) is 5.78 Å². The van der Waals surface area contributed by atoms with E-state index in [4.69, 9.17) is 0 Å². The van der Waals surface area contributed by atoms with Gasteiger partial charge in [0.25, 0.3) is 0 Å². The molecular weight excluding hydrogens is 254 g/mol. The van der Waals surface area contributed by atoms with E-state index in [0.29, 0.717) is 11.8 Å². The van der Waals surface area contributed by atoms with Gasteiger partial charge in [0.2, 0.25) is 0 Å². The van der Waals surface area contributed by atoms with Crippen molar-refractivity contribution in [2.75, 3.05) is 5.33 Å². The molecular formula is C10H9BrF2O. The Hall–Kier alpha value is -0.770. The van der Waals surface area contributed by atoms with E-state index >= 15 is 0 Å².